The number of benzene rings is 2. The minimum Gasteiger partial charge on any atom is -0.464 e. The first-order valence-corrected chi connectivity index (χ1v) is 18.7. The molecule has 2 aromatic heterocycles. The van der Waals surface area contributed by atoms with Gasteiger partial charge in [0.25, 0.3) is 0 Å². The van der Waals surface area contributed by atoms with Gasteiger partial charge in [-0.25, -0.2) is 0 Å². The van der Waals surface area contributed by atoms with Crippen molar-refractivity contribution in [3.8, 4) is 11.5 Å². The smallest absolute Gasteiger partial charge is 0.311 e. The summed E-state index contributed by atoms with van der Waals surface area (Å²) in [5.41, 5.74) is 2.83. The maximum Gasteiger partial charge on any atom is 0.311 e. The van der Waals surface area contributed by atoms with Gasteiger partial charge in [-0.15, -0.1) is 0 Å². The zero-order chi connectivity index (χ0) is 37.5. The number of likely N-dealkylation sites (N-methyl/N-ethyl adjacent to an activating group) is 2. The molecule has 0 aliphatic heterocycles. The van der Waals surface area contributed by atoms with Crippen LogP contribution in [0.25, 0.3) is 21.9 Å². The Balaban J connectivity index is 1.34. The van der Waals surface area contributed by atoms with Crippen molar-refractivity contribution in [3.63, 3.8) is 0 Å². The third-order valence-corrected chi connectivity index (χ3v) is 9.48. The second-order valence-electron chi connectivity index (χ2n) is 17.5. The first kappa shape index (κ1) is 40.2. The lowest BCUT2D eigenvalue weighted by Gasteiger charge is -2.42. The number of carbonyl (C=O) groups is 2. The van der Waals surface area contributed by atoms with Crippen LogP contribution in [-0.2, 0) is 22.4 Å². The number of esters is 2. The number of hydrogen-bond acceptors (Lipinski definition) is 8. The van der Waals surface area contributed by atoms with Gasteiger partial charge in [0.15, 0.2) is 0 Å². The SMILES string of the molecule is CCNCCc1coc2cccc(OC(=O)CC(C)(C)CC(C)(C)CC(C)(C)CC(C)(C)CC(=O)Oc3cccc4occ(CCNCC)c34)c12. The third-order valence-electron chi connectivity index (χ3n) is 9.48. The van der Waals surface area contributed by atoms with Gasteiger partial charge in [0.05, 0.1) is 36.1 Å². The highest BCUT2D eigenvalue weighted by Gasteiger charge is 2.38. The van der Waals surface area contributed by atoms with Crippen LogP contribution < -0.4 is 20.1 Å². The predicted molar refractivity (Wildman–Crippen MR) is 206 cm³/mol. The quantitative estimate of drug-likeness (QED) is 0.0533. The number of hydrogen-bond donors (Lipinski definition) is 2. The van der Waals surface area contributed by atoms with Crippen LogP contribution >= 0.6 is 0 Å². The largest absolute Gasteiger partial charge is 0.464 e. The van der Waals surface area contributed by atoms with Crippen LogP contribution in [0.15, 0.2) is 57.8 Å². The van der Waals surface area contributed by atoms with E-state index in [2.05, 4.69) is 79.9 Å². The van der Waals surface area contributed by atoms with E-state index in [1.807, 2.05) is 36.4 Å². The first-order chi connectivity index (χ1) is 23.9. The van der Waals surface area contributed by atoms with Crippen molar-refractivity contribution in [2.45, 2.75) is 114 Å². The lowest BCUT2D eigenvalue weighted by Crippen LogP contribution is -2.33. The molecular weight excluding hydrogens is 640 g/mol. The fourth-order valence-corrected chi connectivity index (χ4v) is 8.81. The number of rotatable bonds is 20. The van der Waals surface area contributed by atoms with Gasteiger partial charge in [0.1, 0.15) is 22.7 Å². The highest BCUT2D eigenvalue weighted by molar-refractivity contribution is 5.91. The summed E-state index contributed by atoms with van der Waals surface area (Å²) in [4.78, 5) is 26.8. The average molecular weight is 703 g/mol. The molecule has 0 fully saturated rings. The molecule has 280 valence electrons. The van der Waals surface area contributed by atoms with E-state index >= 15 is 0 Å². The second kappa shape index (κ2) is 16.8. The van der Waals surface area contributed by atoms with E-state index in [-0.39, 0.29) is 33.6 Å². The number of carbonyl (C=O) groups excluding carboxylic acids is 2. The molecule has 0 aliphatic carbocycles. The standard InChI is InChI=1S/C43H62N2O6/c1-11-44-21-19-30-25-48-32-15-13-17-34(38(30)32)50-36(46)23-40(3,4)27-42(7,8)29-43(9,10)28-41(5,6)24-37(47)51-35-18-14-16-33-39(35)31(26-49-33)20-22-45-12-2/h13-18,25-26,44-45H,11-12,19-24,27-29H2,1-10H3. The highest BCUT2D eigenvalue weighted by atomic mass is 16.5. The minimum absolute atomic E-state index is 0.0617. The van der Waals surface area contributed by atoms with E-state index in [4.69, 9.17) is 18.3 Å². The topological polar surface area (TPSA) is 103 Å². The summed E-state index contributed by atoms with van der Waals surface area (Å²) in [6, 6.07) is 11.3. The summed E-state index contributed by atoms with van der Waals surface area (Å²) in [5, 5.41) is 8.44. The Morgan fingerprint density at radius 3 is 1.33 bits per heavy atom. The lowest BCUT2D eigenvalue weighted by atomic mass is 9.63. The van der Waals surface area contributed by atoms with Crippen LogP contribution in [0.5, 0.6) is 11.5 Å². The summed E-state index contributed by atoms with van der Waals surface area (Å²) in [6.07, 6.45) is 8.34. The molecule has 0 unspecified atom stereocenters. The van der Waals surface area contributed by atoms with E-state index in [0.717, 1.165) is 91.3 Å². The van der Waals surface area contributed by atoms with Gasteiger partial charge in [0, 0.05) is 11.1 Å². The van der Waals surface area contributed by atoms with Crippen LogP contribution in [-0.4, -0.2) is 38.1 Å². The molecule has 2 heterocycles. The molecule has 0 amide bonds. The Bertz CT molecular complexity index is 1630. The van der Waals surface area contributed by atoms with E-state index in [0.29, 0.717) is 24.3 Å². The first-order valence-electron chi connectivity index (χ1n) is 18.7. The fraction of sp³-hybridized carbons (Fsp3) is 0.581. The van der Waals surface area contributed by atoms with E-state index in [9.17, 15) is 9.59 Å². The molecule has 0 bridgehead atoms. The molecule has 4 aromatic rings. The number of nitrogens with one attached hydrogen (secondary N) is 2. The van der Waals surface area contributed by atoms with Crippen LogP contribution in [0, 0.1) is 21.7 Å². The molecule has 2 aromatic carbocycles. The number of ether oxygens (including phenoxy) is 2. The van der Waals surface area contributed by atoms with Crippen molar-refractivity contribution in [1.82, 2.24) is 10.6 Å². The van der Waals surface area contributed by atoms with Crippen molar-refractivity contribution in [3.05, 3.63) is 60.1 Å². The monoisotopic (exact) mass is 702 g/mol. The van der Waals surface area contributed by atoms with Gasteiger partial charge in [-0.2, -0.15) is 0 Å². The molecule has 0 spiro atoms. The molecule has 4 rings (SSSR count). The van der Waals surface area contributed by atoms with Crippen LogP contribution in [0.1, 0.15) is 112 Å². The van der Waals surface area contributed by atoms with Gasteiger partial charge in [-0.3, -0.25) is 9.59 Å². The normalized spacial score (nSPS) is 12.9. The van der Waals surface area contributed by atoms with Gasteiger partial charge < -0.3 is 28.9 Å². The molecule has 0 aliphatic rings. The maximum atomic E-state index is 13.4. The molecule has 0 saturated heterocycles. The fourth-order valence-electron chi connectivity index (χ4n) is 8.81. The van der Waals surface area contributed by atoms with Crippen LogP contribution in [0.2, 0.25) is 0 Å². The highest BCUT2D eigenvalue weighted by Crippen LogP contribution is 2.48. The third kappa shape index (κ3) is 11.7. The molecule has 2 N–H and O–H groups in total. The molecule has 0 atom stereocenters. The van der Waals surface area contributed by atoms with E-state index in [1.165, 1.54) is 0 Å². The molecule has 51 heavy (non-hydrogen) atoms. The van der Waals surface area contributed by atoms with E-state index < -0.39 is 0 Å². The van der Waals surface area contributed by atoms with Gasteiger partial charge in [-0.05, 0) is 104 Å². The van der Waals surface area contributed by atoms with E-state index in [1.54, 1.807) is 12.5 Å². The Morgan fingerprint density at radius 1 is 0.588 bits per heavy atom. The zero-order valence-corrected chi connectivity index (χ0v) is 32.8. The molecule has 0 saturated carbocycles. The number of furan rings is 2. The van der Waals surface area contributed by atoms with Crippen molar-refractivity contribution >= 4 is 33.9 Å². The Labute approximate surface area is 305 Å². The molecular formula is C43H62N2O6. The average Bonchev–Trinajstić information content (AvgIpc) is 3.60. The van der Waals surface area contributed by atoms with Crippen molar-refractivity contribution in [1.29, 1.82) is 0 Å². The van der Waals surface area contributed by atoms with Gasteiger partial charge >= 0.3 is 11.9 Å². The lowest BCUT2D eigenvalue weighted by molar-refractivity contribution is -0.137. The Morgan fingerprint density at radius 2 is 0.961 bits per heavy atom. The van der Waals surface area contributed by atoms with Crippen LogP contribution in [0.4, 0.5) is 0 Å². The minimum atomic E-state index is -0.284. The summed E-state index contributed by atoms with van der Waals surface area (Å²) >= 11 is 0. The predicted octanol–water partition coefficient (Wildman–Crippen LogP) is 10.0. The second-order valence-corrected chi connectivity index (χ2v) is 17.5. The van der Waals surface area contributed by atoms with Gasteiger partial charge in [-0.1, -0.05) is 81.4 Å². The Kier molecular flexibility index (Phi) is 13.2. The summed E-state index contributed by atoms with van der Waals surface area (Å²) in [7, 11) is 0. The summed E-state index contributed by atoms with van der Waals surface area (Å²) < 4.78 is 23.6. The summed E-state index contributed by atoms with van der Waals surface area (Å²) in [6.45, 7) is 25.3. The molecule has 0 radical (unpaired) electrons. The molecule has 8 heteroatoms. The van der Waals surface area contributed by atoms with Crippen LogP contribution in [0.3, 0.4) is 0 Å². The van der Waals surface area contributed by atoms with Crippen molar-refractivity contribution in [2.24, 2.45) is 21.7 Å². The summed E-state index contributed by atoms with van der Waals surface area (Å²) in [5.74, 6) is 0.635. The zero-order valence-electron chi connectivity index (χ0n) is 32.8. The van der Waals surface area contributed by atoms with Gasteiger partial charge in [0.2, 0.25) is 0 Å². The Hall–Kier alpha value is -3.62. The van der Waals surface area contributed by atoms with Crippen molar-refractivity contribution in [2.75, 3.05) is 26.2 Å². The number of fused-ring (bicyclic) bond motifs is 2. The molecule has 8 nitrogen and oxygen atoms in total. The van der Waals surface area contributed by atoms with Crippen molar-refractivity contribution < 1.29 is 27.9 Å². The maximum absolute atomic E-state index is 13.4.